The van der Waals surface area contributed by atoms with Crippen molar-refractivity contribution in [2.24, 2.45) is 11.3 Å². The molecule has 0 aliphatic carbocycles. The second-order valence-corrected chi connectivity index (χ2v) is 4.91. The zero-order valence-corrected chi connectivity index (χ0v) is 9.82. The molecule has 0 aromatic carbocycles. The van der Waals surface area contributed by atoms with Crippen molar-refractivity contribution in [1.29, 1.82) is 0 Å². The molecular formula is C11H21NO3. The van der Waals surface area contributed by atoms with Crippen LogP contribution >= 0.6 is 0 Å². The number of carbonyl (C=O) groups is 1. The standard InChI is InChI=1S/C11H21NO3/c1-9(7-15-3)6-12-5-4-11(2,8-12)10(13)14/h9H,4-8H2,1-3H3,(H,13,14). The van der Waals surface area contributed by atoms with Crippen LogP contribution in [0, 0.1) is 11.3 Å². The highest BCUT2D eigenvalue weighted by Gasteiger charge is 2.40. The molecule has 1 aliphatic heterocycles. The van der Waals surface area contributed by atoms with Crippen LogP contribution in [0.25, 0.3) is 0 Å². The first-order valence-corrected chi connectivity index (χ1v) is 5.42. The minimum atomic E-state index is -0.676. The van der Waals surface area contributed by atoms with Gasteiger partial charge in [-0.2, -0.15) is 0 Å². The minimum absolute atomic E-state index is 0.464. The van der Waals surface area contributed by atoms with Crippen molar-refractivity contribution < 1.29 is 14.6 Å². The largest absolute Gasteiger partial charge is 0.481 e. The second-order valence-electron chi connectivity index (χ2n) is 4.91. The van der Waals surface area contributed by atoms with Crippen molar-refractivity contribution in [2.45, 2.75) is 20.3 Å². The van der Waals surface area contributed by atoms with Gasteiger partial charge in [0.1, 0.15) is 0 Å². The molecule has 1 N–H and O–H groups in total. The lowest BCUT2D eigenvalue weighted by Crippen LogP contribution is -2.34. The first kappa shape index (κ1) is 12.5. The molecule has 1 aliphatic rings. The van der Waals surface area contributed by atoms with Gasteiger partial charge in [-0.15, -0.1) is 0 Å². The summed E-state index contributed by atoms with van der Waals surface area (Å²) in [5, 5.41) is 9.08. The van der Waals surface area contributed by atoms with Crippen molar-refractivity contribution in [3.63, 3.8) is 0 Å². The summed E-state index contributed by atoms with van der Waals surface area (Å²) < 4.78 is 5.07. The Balaban J connectivity index is 2.39. The van der Waals surface area contributed by atoms with E-state index in [1.807, 2.05) is 6.92 Å². The van der Waals surface area contributed by atoms with Crippen molar-refractivity contribution in [3.05, 3.63) is 0 Å². The van der Waals surface area contributed by atoms with E-state index in [-0.39, 0.29) is 0 Å². The van der Waals surface area contributed by atoms with E-state index < -0.39 is 11.4 Å². The molecule has 0 aromatic rings. The summed E-state index contributed by atoms with van der Waals surface area (Å²) in [6.07, 6.45) is 0.752. The van der Waals surface area contributed by atoms with Gasteiger partial charge in [0, 0.05) is 26.8 Å². The van der Waals surface area contributed by atoms with E-state index in [9.17, 15) is 4.79 Å². The Hall–Kier alpha value is -0.610. The molecule has 0 amide bonds. The fraction of sp³-hybridized carbons (Fsp3) is 0.909. The summed E-state index contributed by atoms with van der Waals surface area (Å²) in [4.78, 5) is 13.2. The molecule has 1 saturated heterocycles. The Morgan fingerprint density at radius 3 is 2.80 bits per heavy atom. The number of carboxylic acid groups (broad SMARTS) is 1. The molecule has 1 fully saturated rings. The maximum Gasteiger partial charge on any atom is 0.310 e. The van der Waals surface area contributed by atoms with E-state index in [0.29, 0.717) is 12.5 Å². The van der Waals surface area contributed by atoms with Crippen LogP contribution in [0.1, 0.15) is 20.3 Å². The smallest absolute Gasteiger partial charge is 0.310 e. The first-order chi connectivity index (χ1) is 6.98. The van der Waals surface area contributed by atoms with Crippen LogP contribution in [0.3, 0.4) is 0 Å². The lowest BCUT2D eigenvalue weighted by Gasteiger charge is -2.22. The number of nitrogens with zero attached hydrogens (tertiary/aromatic N) is 1. The molecule has 0 radical (unpaired) electrons. The van der Waals surface area contributed by atoms with E-state index >= 15 is 0 Å². The van der Waals surface area contributed by atoms with E-state index in [1.54, 1.807) is 7.11 Å². The molecule has 2 atom stereocenters. The molecule has 0 bridgehead atoms. The van der Waals surface area contributed by atoms with Gasteiger partial charge in [0.05, 0.1) is 5.41 Å². The van der Waals surface area contributed by atoms with Gasteiger partial charge >= 0.3 is 5.97 Å². The molecule has 1 rings (SSSR count). The zero-order chi connectivity index (χ0) is 11.5. The summed E-state index contributed by atoms with van der Waals surface area (Å²) in [6.45, 7) is 7.17. The minimum Gasteiger partial charge on any atom is -0.481 e. The van der Waals surface area contributed by atoms with Gasteiger partial charge in [0.2, 0.25) is 0 Å². The number of rotatable bonds is 5. The van der Waals surface area contributed by atoms with Crippen molar-refractivity contribution >= 4 is 5.97 Å². The predicted molar refractivity (Wildman–Crippen MR) is 57.8 cm³/mol. The summed E-state index contributed by atoms with van der Waals surface area (Å²) in [7, 11) is 1.70. The molecular weight excluding hydrogens is 194 g/mol. The molecule has 0 aromatic heterocycles. The van der Waals surface area contributed by atoms with Crippen molar-refractivity contribution in [1.82, 2.24) is 4.90 Å². The third-order valence-electron chi connectivity index (χ3n) is 3.09. The van der Waals surface area contributed by atoms with Gasteiger partial charge in [-0.05, 0) is 25.8 Å². The van der Waals surface area contributed by atoms with Crippen LogP contribution < -0.4 is 0 Å². The SMILES string of the molecule is COCC(C)CN1CCC(C)(C(=O)O)C1. The van der Waals surface area contributed by atoms with Crippen LogP contribution in [-0.4, -0.2) is 49.3 Å². The maximum atomic E-state index is 11.0. The number of likely N-dealkylation sites (tertiary alicyclic amines) is 1. The zero-order valence-electron chi connectivity index (χ0n) is 9.82. The van der Waals surface area contributed by atoms with Gasteiger partial charge < -0.3 is 14.7 Å². The highest BCUT2D eigenvalue weighted by atomic mass is 16.5. The molecule has 0 spiro atoms. The molecule has 15 heavy (non-hydrogen) atoms. The van der Waals surface area contributed by atoms with Crippen LogP contribution in [0.4, 0.5) is 0 Å². The lowest BCUT2D eigenvalue weighted by molar-refractivity contribution is -0.147. The number of carboxylic acids is 1. The first-order valence-electron chi connectivity index (χ1n) is 5.42. The number of hydrogen-bond donors (Lipinski definition) is 1. The molecule has 4 nitrogen and oxygen atoms in total. The molecule has 0 saturated carbocycles. The van der Waals surface area contributed by atoms with Gasteiger partial charge in [-0.25, -0.2) is 0 Å². The molecule has 2 unspecified atom stereocenters. The summed E-state index contributed by atoms with van der Waals surface area (Å²) >= 11 is 0. The Bertz CT molecular complexity index is 232. The average molecular weight is 215 g/mol. The summed E-state index contributed by atoms with van der Waals surface area (Å²) in [6, 6.07) is 0. The Morgan fingerprint density at radius 1 is 1.67 bits per heavy atom. The van der Waals surface area contributed by atoms with Gasteiger partial charge in [-0.1, -0.05) is 6.92 Å². The van der Waals surface area contributed by atoms with E-state index in [0.717, 1.165) is 26.1 Å². The van der Waals surface area contributed by atoms with Gasteiger partial charge in [0.25, 0.3) is 0 Å². The number of ether oxygens (including phenoxy) is 1. The number of methoxy groups -OCH3 is 1. The monoisotopic (exact) mass is 215 g/mol. The fourth-order valence-corrected chi connectivity index (χ4v) is 2.16. The Kier molecular flexibility index (Phi) is 4.11. The topological polar surface area (TPSA) is 49.8 Å². The Morgan fingerprint density at radius 2 is 2.33 bits per heavy atom. The third-order valence-corrected chi connectivity index (χ3v) is 3.09. The van der Waals surface area contributed by atoms with Crippen molar-refractivity contribution in [2.75, 3.05) is 33.4 Å². The molecule has 1 heterocycles. The quantitative estimate of drug-likeness (QED) is 0.745. The van der Waals surface area contributed by atoms with Crippen LogP contribution in [-0.2, 0) is 9.53 Å². The molecule has 4 heteroatoms. The molecule has 88 valence electrons. The Labute approximate surface area is 91.2 Å². The third kappa shape index (κ3) is 3.18. The number of hydrogen-bond acceptors (Lipinski definition) is 3. The van der Waals surface area contributed by atoms with E-state index in [2.05, 4.69) is 11.8 Å². The predicted octanol–water partition coefficient (Wildman–Crippen LogP) is 1.07. The average Bonchev–Trinajstić information content (AvgIpc) is 2.49. The maximum absolute atomic E-state index is 11.0. The highest BCUT2D eigenvalue weighted by molar-refractivity contribution is 5.74. The fourth-order valence-electron chi connectivity index (χ4n) is 2.16. The normalized spacial score (nSPS) is 29.3. The van der Waals surface area contributed by atoms with Crippen LogP contribution in [0.5, 0.6) is 0 Å². The van der Waals surface area contributed by atoms with Gasteiger partial charge in [-0.3, -0.25) is 4.79 Å². The number of aliphatic carboxylic acids is 1. The van der Waals surface area contributed by atoms with Crippen LogP contribution in [0.15, 0.2) is 0 Å². The van der Waals surface area contributed by atoms with Crippen LogP contribution in [0.2, 0.25) is 0 Å². The van der Waals surface area contributed by atoms with Crippen molar-refractivity contribution in [3.8, 4) is 0 Å². The van der Waals surface area contributed by atoms with Gasteiger partial charge in [0.15, 0.2) is 0 Å². The summed E-state index contributed by atoms with van der Waals surface area (Å²) in [5.41, 5.74) is -0.549. The lowest BCUT2D eigenvalue weighted by atomic mass is 9.90. The highest BCUT2D eigenvalue weighted by Crippen LogP contribution is 2.30. The van der Waals surface area contributed by atoms with E-state index in [4.69, 9.17) is 9.84 Å². The summed E-state index contributed by atoms with van der Waals surface area (Å²) in [5.74, 6) is -0.212. The second kappa shape index (κ2) is 4.94. The van der Waals surface area contributed by atoms with E-state index in [1.165, 1.54) is 0 Å².